The lowest BCUT2D eigenvalue weighted by Gasteiger charge is -2.16. The number of amides is 2. The summed E-state index contributed by atoms with van der Waals surface area (Å²) >= 11 is 0. The van der Waals surface area contributed by atoms with Gasteiger partial charge in [0, 0.05) is 31.1 Å². The van der Waals surface area contributed by atoms with Crippen molar-refractivity contribution < 1.29 is 9.59 Å². The van der Waals surface area contributed by atoms with Gasteiger partial charge in [-0.15, -0.1) is 0 Å². The quantitative estimate of drug-likeness (QED) is 0.925. The van der Waals surface area contributed by atoms with E-state index in [2.05, 4.69) is 5.32 Å². The maximum Gasteiger partial charge on any atom is 0.227 e. The molecule has 3 rings (SSSR count). The Balaban J connectivity index is 1.54. The summed E-state index contributed by atoms with van der Waals surface area (Å²) in [5, 5.41) is 3.02. The Morgan fingerprint density at radius 2 is 1.86 bits per heavy atom. The molecule has 0 radical (unpaired) electrons. The number of hydrogen-bond acceptors (Lipinski definition) is 2. The molecule has 112 valence electrons. The summed E-state index contributed by atoms with van der Waals surface area (Å²) in [4.78, 5) is 25.5. The van der Waals surface area contributed by atoms with Gasteiger partial charge in [-0.05, 0) is 37.0 Å². The zero-order valence-electron chi connectivity index (χ0n) is 12.3. The number of carbonyl (C=O) groups excluding carboxylic acids is 2. The van der Waals surface area contributed by atoms with Crippen molar-refractivity contribution >= 4 is 17.5 Å². The molecule has 0 spiro atoms. The maximum atomic E-state index is 12.0. The highest BCUT2D eigenvalue weighted by atomic mass is 16.2. The third-order valence-corrected chi connectivity index (χ3v) is 4.51. The number of hydrogen-bond donors (Lipinski definition) is 1. The fraction of sp³-hybridized carbons (Fsp3) is 0.529. The highest BCUT2D eigenvalue weighted by Gasteiger charge is 2.23. The molecule has 1 N–H and O–H groups in total. The van der Waals surface area contributed by atoms with Crippen LogP contribution in [-0.2, 0) is 16.1 Å². The highest BCUT2D eigenvalue weighted by Crippen LogP contribution is 2.25. The predicted molar refractivity (Wildman–Crippen MR) is 81.8 cm³/mol. The molecule has 2 fully saturated rings. The number of nitrogens with one attached hydrogen (secondary N) is 1. The van der Waals surface area contributed by atoms with E-state index in [0.717, 1.165) is 37.1 Å². The standard InChI is InChI=1S/C17H22N2O2/c20-16-6-3-11-19(16)15-9-7-13(8-10-15)12-18-17(21)14-4-1-2-5-14/h7-10,14H,1-6,11-12H2,(H,18,21). The largest absolute Gasteiger partial charge is 0.352 e. The Morgan fingerprint density at radius 3 is 2.48 bits per heavy atom. The second-order valence-corrected chi connectivity index (χ2v) is 6.01. The van der Waals surface area contributed by atoms with Crippen LogP contribution in [0.15, 0.2) is 24.3 Å². The van der Waals surface area contributed by atoms with E-state index in [4.69, 9.17) is 0 Å². The second-order valence-electron chi connectivity index (χ2n) is 6.01. The van der Waals surface area contributed by atoms with Crippen molar-refractivity contribution in [1.29, 1.82) is 0 Å². The number of benzene rings is 1. The van der Waals surface area contributed by atoms with Crippen molar-refractivity contribution in [3.05, 3.63) is 29.8 Å². The third-order valence-electron chi connectivity index (χ3n) is 4.51. The van der Waals surface area contributed by atoms with Gasteiger partial charge in [0.05, 0.1) is 0 Å². The van der Waals surface area contributed by atoms with Crippen molar-refractivity contribution in [3.63, 3.8) is 0 Å². The molecule has 1 aliphatic carbocycles. The monoisotopic (exact) mass is 286 g/mol. The average molecular weight is 286 g/mol. The average Bonchev–Trinajstić information content (AvgIpc) is 3.17. The third kappa shape index (κ3) is 3.26. The normalized spacial score (nSPS) is 19.2. The molecular formula is C17H22N2O2. The zero-order valence-corrected chi connectivity index (χ0v) is 12.3. The van der Waals surface area contributed by atoms with Crippen LogP contribution in [0.5, 0.6) is 0 Å². The number of nitrogens with zero attached hydrogens (tertiary/aromatic N) is 1. The van der Waals surface area contributed by atoms with Crippen LogP contribution in [0, 0.1) is 5.92 Å². The Bertz CT molecular complexity index is 518. The van der Waals surface area contributed by atoms with E-state index >= 15 is 0 Å². The van der Waals surface area contributed by atoms with E-state index in [9.17, 15) is 9.59 Å². The zero-order chi connectivity index (χ0) is 14.7. The highest BCUT2D eigenvalue weighted by molar-refractivity contribution is 5.95. The first-order chi connectivity index (χ1) is 10.2. The van der Waals surface area contributed by atoms with Gasteiger partial charge >= 0.3 is 0 Å². The fourth-order valence-electron chi connectivity index (χ4n) is 3.24. The van der Waals surface area contributed by atoms with Crippen molar-refractivity contribution in [2.75, 3.05) is 11.4 Å². The fourth-order valence-corrected chi connectivity index (χ4v) is 3.24. The molecule has 0 atom stereocenters. The summed E-state index contributed by atoms with van der Waals surface area (Å²) < 4.78 is 0. The molecule has 4 nitrogen and oxygen atoms in total. The Labute approximate surface area is 125 Å². The van der Waals surface area contributed by atoms with Crippen molar-refractivity contribution in [1.82, 2.24) is 5.32 Å². The van der Waals surface area contributed by atoms with Crippen LogP contribution in [0.1, 0.15) is 44.1 Å². The molecule has 1 aromatic rings. The molecule has 1 saturated carbocycles. The lowest BCUT2D eigenvalue weighted by atomic mass is 10.1. The smallest absolute Gasteiger partial charge is 0.227 e. The molecule has 21 heavy (non-hydrogen) atoms. The first kappa shape index (κ1) is 14.1. The number of carbonyl (C=O) groups is 2. The van der Waals surface area contributed by atoms with E-state index in [1.807, 2.05) is 29.2 Å². The minimum absolute atomic E-state index is 0.186. The van der Waals surface area contributed by atoms with Gasteiger partial charge in [-0.2, -0.15) is 0 Å². The lowest BCUT2D eigenvalue weighted by molar-refractivity contribution is -0.125. The van der Waals surface area contributed by atoms with Crippen LogP contribution in [0.3, 0.4) is 0 Å². The molecule has 1 saturated heterocycles. The first-order valence-electron chi connectivity index (χ1n) is 7.91. The van der Waals surface area contributed by atoms with Crippen molar-refractivity contribution in [3.8, 4) is 0 Å². The van der Waals surface area contributed by atoms with Crippen LogP contribution < -0.4 is 10.2 Å². The summed E-state index contributed by atoms with van der Waals surface area (Å²) in [7, 11) is 0. The van der Waals surface area contributed by atoms with E-state index in [-0.39, 0.29) is 17.7 Å². The van der Waals surface area contributed by atoms with Gasteiger partial charge in [0.25, 0.3) is 0 Å². The minimum Gasteiger partial charge on any atom is -0.352 e. The van der Waals surface area contributed by atoms with E-state index in [1.54, 1.807) is 0 Å². The first-order valence-corrected chi connectivity index (χ1v) is 7.91. The van der Waals surface area contributed by atoms with Crippen molar-refractivity contribution in [2.45, 2.75) is 45.1 Å². The summed E-state index contributed by atoms with van der Waals surface area (Å²) in [6.07, 6.45) is 6.01. The number of anilines is 1. The second kappa shape index (κ2) is 6.29. The van der Waals surface area contributed by atoms with Gasteiger partial charge in [-0.3, -0.25) is 9.59 Å². The molecule has 2 aliphatic rings. The van der Waals surface area contributed by atoms with Crippen LogP contribution in [-0.4, -0.2) is 18.4 Å². The molecular weight excluding hydrogens is 264 g/mol. The van der Waals surface area contributed by atoms with E-state index in [1.165, 1.54) is 12.8 Å². The summed E-state index contributed by atoms with van der Waals surface area (Å²) in [5.74, 6) is 0.607. The minimum atomic E-state index is 0.186. The molecule has 1 heterocycles. The van der Waals surface area contributed by atoms with Crippen LogP contribution in [0.2, 0.25) is 0 Å². The maximum absolute atomic E-state index is 12.0. The van der Waals surface area contributed by atoms with E-state index in [0.29, 0.717) is 13.0 Å². The Hall–Kier alpha value is -1.84. The van der Waals surface area contributed by atoms with Gasteiger partial charge in [-0.1, -0.05) is 25.0 Å². The van der Waals surface area contributed by atoms with Crippen LogP contribution >= 0.6 is 0 Å². The molecule has 0 unspecified atom stereocenters. The topological polar surface area (TPSA) is 49.4 Å². The molecule has 0 bridgehead atoms. The summed E-state index contributed by atoms with van der Waals surface area (Å²) in [6, 6.07) is 7.94. The van der Waals surface area contributed by atoms with Gasteiger partial charge in [0.15, 0.2) is 0 Å². The molecule has 4 heteroatoms. The van der Waals surface area contributed by atoms with Gasteiger partial charge in [0.2, 0.25) is 11.8 Å². The molecule has 1 aliphatic heterocycles. The molecule has 1 aromatic carbocycles. The Morgan fingerprint density at radius 1 is 1.14 bits per heavy atom. The van der Waals surface area contributed by atoms with Crippen LogP contribution in [0.25, 0.3) is 0 Å². The number of rotatable bonds is 4. The molecule has 2 amide bonds. The summed E-state index contributed by atoms with van der Waals surface area (Å²) in [5.41, 5.74) is 2.04. The van der Waals surface area contributed by atoms with Gasteiger partial charge in [0.1, 0.15) is 0 Å². The predicted octanol–water partition coefficient (Wildman–Crippen LogP) is 2.62. The van der Waals surface area contributed by atoms with Crippen LogP contribution in [0.4, 0.5) is 5.69 Å². The lowest BCUT2D eigenvalue weighted by Crippen LogP contribution is -2.28. The van der Waals surface area contributed by atoms with E-state index < -0.39 is 0 Å². The molecule has 0 aromatic heterocycles. The summed E-state index contributed by atoms with van der Waals surface area (Å²) in [6.45, 7) is 1.39. The SMILES string of the molecule is O=C(NCc1ccc(N2CCCC2=O)cc1)C1CCCC1. The van der Waals surface area contributed by atoms with Crippen molar-refractivity contribution in [2.24, 2.45) is 5.92 Å². The van der Waals surface area contributed by atoms with Gasteiger partial charge in [-0.25, -0.2) is 0 Å². The Kier molecular flexibility index (Phi) is 4.23. The van der Waals surface area contributed by atoms with Gasteiger partial charge < -0.3 is 10.2 Å².